The van der Waals surface area contributed by atoms with Gasteiger partial charge in [-0.05, 0) is 55.1 Å². The van der Waals surface area contributed by atoms with Crippen molar-refractivity contribution in [2.24, 2.45) is 17.6 Å². The topological polar surface area (TPSA) is 88.3 Å². The Labute approximate surface area is 184 Å². The molecule has 0 bridgehead atoms. The molecule has 1 aromatic carbocycles. The minimum absolute atomic E-state index is 0. The third-order valence-corrected chi connectivity index (χ3v) is 5.32. The van der Waals surface area contributed by atoms with Gasteiger partial charge in [-0.3, -0.25) is 14.6 Å². The molecule has 1 aromatic heterocycles. The zero-order chi connectivity index (χ0) is 19.2. The van der Waals surface area contributed by atoms with Gasteiger partial charge < -0.3 is 16.0 Å². The lowest BCUT2D eigenvalue weighted by molar-refractivity contribution is -0.126. The quantitative estimate of drug-likeness (QED) is 0.724. The van der Waals surface area contributed by atoms with Gasteiger partial charge in [-0.25, -0.2) is 0 Å². The molecule has 0 spiro atoms. The zero-order valence-corrected chi connectivity index (χ0v) is 18.0. The molecule has 0 unspecified atom stereocenters. The maximum absolute atomic E-state index is 12.5. The predicted octanol–water partition coefficient (Wildman–Crippen LogP) is 3.19. The normalized spacial score (nSPS) is 17.6. The van der Waals surface area contributed by atoms with Crippen LogP contribution in [0.15, 0.2) is 48.8 Å². The molecule has 6 nitrogen and oxygen atoms in total. The highest BCUT2D eigenvalue weighted by Gasteiger charge is 2.31. The van der Waals surface area contributed by atoms with Gasteiger partial charge >= 0.3 is 0 Å². The zero-order valence-electron chi connectivity index (χ0n) is 16.4. The number of hydrogen-bond donors (Lipinski definition) is 2. The van der Waals surface area contributed by atoms with Gasteiger partial charge in [0.2, 0.25) is 5.91 Å². The Hall–Kier alpha value is -2.15. The minimum Gasteiger partial charge on any atom is -0.352 e. The maximum Gasteiger partial charge on any atom is 0.258 e. The number of benzene rings is 1. The molecule has 1 aliphatic rings. The third-order valence-electron chi connectivity index (χ3n) is 5.32. The van der Waals surface area contributed by atoms with Gasteiger partial charge in [0.05, 0.1) is 0 Å². The van der Waals surface area contributed by atoms with Crippen molar-refractivity contribution in [3.05, 3.63) is 59.9 Å². The van der Waals surface area contributed by atoms with E-state index in [9.17, 15) is 9.59 Å². The van der Waals surface area contributed by atoms with E-state index < -0.39 is 0 Å². The molecule has 1 saturated carbocycles. The molecule has 2 amide bonds. The molecule has 158 valence electrons. The second-order valence-electron chi connectivity index (χ2n) is 7.02. The van der Waals surface area contributed by atoms with Crippen molar-refractivity contribution < 1.29 is 9.59 Å². The number of nitrogens with one attached hydrogen (secondary N) is 1. The third kappa shape index (κ3) is 6.16. The van der Waals surface area contributed by atoms with E-state index in [1.54, 1.807) is 36.5 Å². The van der Waals surface area contributed by atoms with E-state index in [1.165, 1.54) is 0 Å². The molecule has 0 saturated heterocycles. The number of carbonyl (C=O) groups excluding carboxylic acids is 2. The van der Waals surface area contributed by atoms with Crippen LogP contribution in [-0.4, -0.2) is 30.4 Å². The van der Waals surface area contributed by atoms with E-state index in [4.69, 9.17) is 5.73 Å². The Morgan fingerprint density at radius 2 is 1.76 bits per heavy atom. The fourth-order valence-corrected chi connectivity index (χ4v) is 3.63. The first-order valence-electron chi connectivity index (χ1n) is 9.35. The van der Waals surface area contributed by atoms with Crippen LogP contribution in [-0.2, 0) is 11.3 Å². The average molecular weight is 439 g/mol. The van der Waals surface area contributed by atoms with Crippen LogP contribution in [0, 0.1) is 11.8 Å². The first-order valence-corrected chi connectivity index (χ1v) is 9.35. The number of rotatable bonds is 6. The Morgan fingerprint density at radius 3 is 2.38 bits per heavy atom. The highest BCUT2D eigenvalue weighted by Crippen LogP contribution is 2.31. The molecule has 1 heterocycles. The van der Waals surface area contributed by atoms with Crippen LogP contribution in [0.2, 0.25) is 0 Å². The molecule has 1 fully saturated rings. The largest absolute Gasteiger partial charge is 0.352 e. The van der Waals surface area contributed by atoms with Gasteiger partial charge in [-0.1, -0.05) is 18.6 Å². The molecule has 8 heteroatoms. The molecular weight excluding hydrogens is 411 g/mol. The number of pyridine rings is 1. The molecule has 2 aromatic rings. The van der Waals surface area contributed by atoms with Crippen molar-refractivity contribution in [3.8, 4) is 0 Å². The van der Waals surface area contributed by atoms with Crippen molar-refractivity contribution in [1.29, 1.82) is 0 Å². The molecule has 3 rings (SSSR count). The van der Waals surface area contributed by atoms with E-state index >= 15 is 0 Å². The van der Waals surface area contributed by atoms with Crippen LogP contribution in [0.3, 0.4) is 0 Å². The number of hydrogen-bond acceptors (Lipinski definition) is 4. The summed E-state index contributed by atoms with van der Waals surface area (Å²) in [5, 5.41) is 3.02. The summed E-state index contributed by atoms with van der Waals surface area (Å²) < 4.78 is 0. The minimum atomic E-state index is -0.0903. The fraction of sp³-hybridized carbons (Fsp3) is 0.381. The van der Waals surface area contributed by atoms with E-state index in [-0.39, 0.29) is 42.5 Å². The number of halogens is 2. The molecule has 2 atom stereocenters. The molecular formula is C21H28Cl2N4O2. The van der Waals surface area contributed by atoms with Crippen LogP contribution in [0.25, 0.3) is 0 Å². The van der Waals surface area contributed by atoms with Gasteiger partial charge in [0.1, 0.15) is 0 Å². The van der Waals surface area contributed by atoms with Gasteiger partial charge in [0.15, 0.2) is 0 Å². The van der Waals surface area contributed by atoms with Gasteiger partial charge in [-0.15, -0.1) is 24.8 Å². The number of nitrogens with zero attached hydrogens (tertiary/aromatic N) is 2. The highest BCUT2D eigenvalue weighted by atomic mass is 35.5. The van der Waals surface area contributed by atoms with Crippen molar-refractivity contribution >= 4 is 42.3 Å². The Bertz CT molecular complexity index is 787. The number of carbonyl (C=O) groups is 2. The van der Waals surface area contributed by atoms with E-state index in [0.29, 0.717) is 24.6 Å². The van der Waals surface area contributed by atoms with Crippen LogP contribution in [0.4, 0.5) is 5.69 Å². The van der Waals surface area contributed by atoms with Crippen LogP contribution in [0.1, 0.15) is 35.2 Å². The monoisotopic (exact) mass is 438 g/mol. The molecule has 3 N–H and O–H groups in total. The lowest BCUT2D eigenvalue weighted by Gasteiger charge is -2.19. The summed E-state index contributed by atoms with van der Waals surface area (Å²) >= 11 is 0. The Kier molecular flexibility index (Phi) is 10.1. The van der Waals surface area contributed by atoms with Crippen LogP contribution < -0.4 is 16.0 Å². The molecule has 0 radical (unpaired) electrons. The Morgan fingerprint density at radius 1 is 1.10 bits per heavy atom. The van der Waals surface area contributed by atoms with Crippen molar-refractivity contribution in [1.82, 2.24) is 10.3 Å². The maximum atomic E-state index is 12.5. The standard InChI is InChI=1S/C21H26N4O2.2ClH/c1-25(21(27)16-9-11-23-12-10-16)18-7-5-15(6-8-18)14-24-20(26)19-4-2-3-17(19)13-22;;/h5-12,17,19H,2-4,13-14,22H2,1H3,(H,24,26);2*1H/t17-,19-;;/m1../s1. The number of anilines is 1. The summed E-state index contributed by atoms with van der Waals surface area (Å²) in [6.07, 6.45) is 6.25. The second kappa shape index (κ2) is 11.8. The summed E-state index contributed by atoms with van der Waals surface area (Å²) in [6, 6.07) is 11.0. The number of nitrogens with two attached hydrogens (primary N) is 1. The summed E-state index contributed by atoms with van der Waals surface area (Å²) in [7, 11) is 1.74. The molecule has 1 aliphatic carbocycles. The van der Waals surface area contributed by atoms with Gasteiger partial charge in [-0.2, -0.15) is 0 Å². The summed E-state index contributed by atoms with van der Waals surface area (Å²) in [5.74, 6) is 0.350. The van der Waals surface area contributed by atoms with Gasteiger partial charge in [0.25, 0.3) is 5.91 Å². The average Bonchev–Trinajstić information content (AvgIpc) is 3.21. The van der Waals surface area contributed by atoms with Crippen molar-refractivity contribution in [3.63, 3.8) is 0 Å². The highest BCUT2D eigenvalue weighted by molar-refractivity contribution is 6.05. The molecule has 0 aliphatic heterocycles. The first kappa shape index (κ1) is 24.9. The lowest BCUT2D eigenvalue weighted by Crippen LogP contribution is -2.34. The van der Waals surface area contributed by atoms with Crippen molar-refractivity contribution in [2.75, 3.05) is 18.5 Å². The van der Waals surface area contributed by atoms with E-state index in [1.807, 2.05) is 24.3 Å². The van der Waals surface area contributed by atoms with Crippen molar-refractivity contribution in [2.45, 2.75) is 25.8 Å². The fourth-order valence-electron chi connectivity index (χ4n) is 3.63. The summed E-state index contributed by atoms with van der Waals surface area (Å²) in [4.78, 5) is 30.4. The van der Waals surface area contributed by atoms with Crippen LogP contribution >= 0.6 is 24.8 Å². The summed E-state index contributed by atoms with van der Waals surface area (Å²) in [6.45, 7) is 1.06. The second-order valence-corrected chi connectivity index (χ2v) is 7.02. The lowest BCUT2D eigenvalue weighted by atomic mass is 9.95. The van der Waals surface area contributed by atoms with E-state index in [2.05, 4.69) is 10.3 Å². The smallest absolute Gasteiger partial charge is 0.258 e. The Balaban J connectivity index is 0.00000210. The summed E-state index contributed by atoms with van der Waals surface area (Å²) in [5.41, 5.74) is 8.15. The number of amides is 2. The first-order chi connectivity index (χ1) is 13.1. The predicted molar refractivity (Wildman–Crippen MR) is 120 cm³/mol. The molecule has 29 heavy (non-hydrogen) atoms. The van der Waals surface area contributed by atoms with E-state index in [0.717, 1.165) is 30.5 Å². The number of aromatic nitrogens is 1. The van der Waals surface area contributed by atoms with Crippen LogP contribution in [0.5, 0.6) is 0 Å². The van der Waals surface area contributed by atoms with Gasteiger partial charge in [0, 0.05) is 43.2 Å². The SMILES string of the molecule is CN(C(=O)c1ccncc1)c1ccc(CNC(=O)[C@@H]2CCC[C@@H]2CN)cc1.Cl.Cl.